The molecule has 1 aliphatic heterocycles. The Labute approximate surface area is 89.4 Å². The van der Waals surface area contributed by atoms with Crippen molar-refractivity contribution in [1.29, 1.82) is 0 Å². The van der Waals surface area contributed by atoms with Crippen LogP contribution in [-0.2, 0) is 9.59 Å². The van der Waals surface area contributed by atoms with Gasteiger partial charge in [0.05, 0.1) is 5.92 Å². The fourth-order valence-corrected chi connectivity index (χ4v) is 1.76. The first kappa shape index (κ1) is 12.0. The van der Waals surface area contributed by atoms with E-state index in [2.05, 4.69) is 5.32 Å². The summed E-state index contributed by atoms with van der Waals surface area (Å²) in [5, 5.41) is 11.8. The van der Waals surface area contributed by atoms with E-state index in [9.17, 15) is 9.59 Å². The van der Waals surface area contributed by atoms with Crippen LogP contribution in [0.1, 0.15) is 20.3 Å². The molecule has 1 aliphatic rings. The van der Waals surface area contributed by atoms with Crippen LogP contribution >= 0.6 is 0 Å². The van der Waals surface area contributed by atoms with Gasteiger partial charge in [0.15, 0.2) is 0 Å². The molecule has 0 aromatic rings. The van der Waals surface area contributed by atoms with Gasteiger partial charge < -0.3 is 15.3 Å². The summed E-state index contributed by atoms with van der Waals surface area (Å²) in [5.74, 6) is -1.05. The van der Waals surface area contributed by atoms with Gasteiger partial charge in [0.2, 0.25) is 5.91 Å². The quantitative estimate of drug-likeness (QED) is 0.686. The predicted octanol–water partition coefficient (Wildman–Crippen LogP) is -0.0825. The second kappa shape index (κ2) is 5.11. The molecule has 5 heteroatoms. The van der Waals surface area contributed by atoms with Crippen molar-refractivity contribution in [2.75, 3.05) is 19.6 Å². The van der Waals surface area contributed by atoms with Crippen LogP contribution in [0.4, 0.5) is 0 Å². The number of nitrogens with one attached hydrogen (secondary N) is 1. The van der Waals surface area contributed by atoms with Crippen molar-refractivity contribution >= 4 is 11.9 Å². The number of rotatable bonds is 4. The maximum absolute atomic E-state index is 11.9. The number of hydrogen-bond donors (Lipinski definition) is 2. The molecule has 0 radical (unpaired) electrons. The highest BCUT2D eigenvalue weighted by Crippen LogP contribution is 2.13. The first-order valence-electron chi connectivity index (χ1n) is 5.25. The van der Waals surface area contributed by atoms with E-state index in [4.69, 9.17) is 5.11 Å². The lowest BCUT2D eigenvalue weighted by Crippen LogP contribution is -2.44. The Kier molecular flexibility index (Phi) is 4.08. The number of carbonyl (C=O) groups is 2. The van der Waals surface area contributed by atoms with E-state index in [1.54, 1.807) is 0 Å². The molecule has 1 atom stereocenters. The SMILES string of the molecule is CC(C)N(CC(=O)O)C(=O)C1CCNC1. The zero-order valence-electron chi connectivity index (χ0n) is 9.19. The van der Waals surface area contributed by atoms with E-state index in [0.717, 1.165) is 13.0 Å². The highest BCUT2D eigenvalue weighted by atomic mass is 16.4. The number of amides is 1. The molecule has 1 saturated heterocycles. The molecule has 0 aromatic heterocycles. The van der Waals surface area contributed by atoms with Gasteiger partial charge in [0, 0.05) is 12.6 Å². The third kappa shape index (κ3) is 3.20. The highest BCUT2D eigenvalue weighted by molar-refractivity contribution is 5.83. The van der Waals surface area contributed by atoms with E-state index in [-0.39, 0.29) is 24.4 Å². The molecule has 1 fully saturated rings. The standard InChI is InChI=1S/C10H18N2O3/c1-7(2)12(6-9(13)14)10(15)8-3-4-11-5-8/h7-8,11H,3-6H2,1-2H3,(H,13,14). The van der Waals surface area contributed by atoms with Gasteiger partial charge in [-0.15, -0.1) is 0 Å². The van der Waals surface area contributed by atoms with Gasteiger partial charge in [-0.1, -0.05) is 0 Å². The summed E-state index contributed by atoms with van der Waals surface area (Å²) in [5.41, 5.74) is 0. The average molecular weight is 214 g/mol. The number of hydrogen-bond acceptors (Lipinski definition) is 3. The summed E-state index contributed by atoms with van der Waals surface area (Å²) in [6.07, 6.45) is 0.807. The lowest BCUT2D eigenvalue weighted by molar-refractivity contribution is -0.147. The van der Waals surface area contributed by atoms with Gasteiger partial charge in [0.25, 0.3) is 0 Å². The molecule has 1 heterocycles. The molecule has 1 rings (SSSR count). The van der Waals surface area contributed by atoms with E-state index in [0.29, 0.717) is 6.54 Å². The number of carboxylic acids is 1. The van der Waals surface area contributed by atoms with Crippen LogP contribution in [-0.4, -0.2) is 47.6 Å². The van der Waals surface area contributed by atoms with Gasteiger partial charge in [-0.3, -0.25) is 9.59 Å². The lowest BCUT2D eigenvalue weighted by atomic mass is 10.1. The summed E-state index contributed by atoms with van der Waals surface area (Å²) < 4.78 is 0. The van der Waals surface area contributed by atoms with Crippen molar-refractivity contribution in [3.05, 3.63) is 0 Å². The second-order valence-corrected chi connectivity index (χ2v) is 4.14. The first-order chi connectivity index (χ1) is 7.02. The summed E-state index contributed by atoms with van der Waals surface area (Å²) in [6, 6.07) is -0.0609. The highest BCUT2D eigenvalue weighted by Gasteiger charge is 2.29. The molecule has 0 bridgehead atoms. The number of aliphatic carboxylic acids is 1. The molecule has 0 spiro atoms. The largest absolute Gasteiger partial charge is 0.480 e. The predicted molar refractivity (Wildman–Crippen MR) is 55.5 cm³/mol. The summed E-state index contributed by atoms with van der Waals surface area (Å²) in [7, 11) is 0. The zero-order chi connectivity index (χ0) is 11.4. The van der Waals surface area contributed by atoms with Crippen LogP contribution in [0.3, 0.4) is 0 Å². The summed E-state index contributed by atoms with van der Waals surface area (Å²) in [6.45, 7) is 4.98. The molecule has 2 N–H and O–H groups in total. The molecular weight excluding hydrogens is 196 g/mol. The van der Waals surface area contributed by atoms with Crippen molar-refractivity contribution in [2.45, 2.75) is 26.3 Å². The molecule has 1 amide bonds. The maximum Gasteiger partial charge on any atom is 0.323 e. The fraction of sp³-hybridized carbons (Fsp3) is 0.800. The minimum Gasteiger partial charge on any atom is -0.480 e. The Bertz CT molecular complexity index is 247. The van der Waals surface area contributed by atoms with Gasteiger partial charge in [-0.05, 0) is 26.8 Å². The molecule has 1 unspecified atom stereocenters. The topological polar surface area (TPSA) is 69.6 Å². The Morgan fingerprint density at radius 3 is 2.60 bits per heavy atom. The van der Waals surface area contributed by atoms with Crippen LogP contribution < -0.4 is 5.32 Å². The van der Waals surface area contributed by atoms with E-state index in [1.807, 2.05) is 13.8 Å². The van der Waals surface area contributed by atoms with Crippen molar-refractivity contribution in [2.24, 2.45) is 5.92 Å². The van der Waals surface area contributed by atoms with E-state index in [1.165, 1.54) is 4.90 Å². The molecule has 0 aromatic carbocycles. The molecule has 86 valence electrons. The first-order valence-corrected chi connectivity index (χ1v) is 5.25. The molecule has 15 heavy (non-hydrogen) atoms. The van der Waals surface area contributed by atoms with Crippen molar-refractivity contribution in [1.82, 2.24) is 10.2 Å². The normalized spacial score (nSPS) is 20.6. The molecule has 0 aliphatic carbocycles. The Balaban J connectivity index is 2.61. The second-order valence-electron chi connectivity index (χ2n) is 4.14. The maximum atomic E-state index is 11.9. The third-order valence-corrected chi connectivity index (χ3v) is 2.62. The Hall–Kier alpha value is -1.10. The van der Waals surface area contributed by atoms with Crippen molar-refractivity contribution in [3.63, 3.8) is 0 Å². The molecule has 5 nitrogen and oxygen atoms in total. The fourth-order valence-electron chi connectivity index (χ4n) is 1.76. The summed E-state index contributed by atoms with van der Waals surface area (Å²) in [4.78, 5) is 24.0. The Morgan fingerprint density at radius 2 is 2.20 bits per heavy atom. The van der Waals surface area contributed by atoms with Crippen LogP contribution in [0.5, 0.6) is 0 Å². The van der Waals surface area contributed by atoms with Crippen LogP contribution in [0, 0.1) is 5.92 Å². The van der Waals surface area contributed by atoms with Crippen LogP contribution in [0.15, 0.2) is 0 Å². The van der Waals surface area contributed by atoms with E-state index < -0.39 is 5.97 Å². The van der Waals surface area contributed by atoms with Gasteiger partial charge in [0.1, 0.15) is 6.54 Å². The van der Waals surface area contributed by atoms with Crippen LogP contribution in [0.2, 0.25) is 0 Å². The van der Waals surface area contributed by atoms with Gasteiger partial charge in [-0.25, -0.2) is 0 Å². The molecular formula is C10H18N2O3. The number of carbonyl (C=O) groups excluding carboxylic acids is 1. The number of nitrogens with zero attached hydrogens (tertiary/aromatic N) is 1. The minimum absolute atomic E-state index is 0.0441. The average Bonchev–Trinajstić information content (AvgIpc) is 2.65. The van der Waals surface area contributed by atoms with Gasteiger partial charge in [-0.2, -0.15) is 0 Å². The third-order valence-electron chi connectivity index (χ3n) is 2.62. The monoisotopic (exact) mass is 214 g/mol. The smallest absolute Gasteiger partial charge is 0.323 e. The lowest BCUT2D eigenvalue weighted by Gasteiger charge is -2.27. The Morgan fingerprint density at radius 1 is 1.53 bits per heavy atom. The van der Waals surface area contributed by atoms with Crippen LogP contribution in [0.25, 0.3) is 0 Å². The molecule has 0 saturated carbocycles. The van der Waals surface area contributed by atoms with E-state index >= 15 is 0 Å². The van der Waals surface area contributed by atoms with Crippen molar-refractivity contribution in [3.8, 4) is 0 Å². The minimum atomic E-state index is -0.956. The van der Waals surface area contributed by atoms with Gasteiger partial charge >= 0.3 is 5.97 Å². The van der Waals surface area contributed by atoms with Crippen molar-refractivity contribution < 1.29 is 14.7 Å². The summed E-state index contributed by atoms with van der Waals surface area (Å²) >= 11 is 0. The zero-order valence-corrected chi connectivity index (χ0v) is 9.19. The number of carboxylic acid groups (broad SMARTS) is 1.